The van der Waals surface area contributed by atoms with Gasteiger partial charge in [-0.25, -0.2) is 0 Å². The highest BCUT2D eigenvalue weighted by atomic mass is 16.1. The fourth-order valence-electron chi connectivity index (χ4n) is 0.649. The molecular weight excluding hydrogens is 120 g/mol. The molecule has 0 aromatic heterocycles. The van der Waals surface area contributed by atoms with Crippen molar-refractivity contribution in [3.63, 3.8) is 0 Å². The minimum absolute atomic E-state index is 0.174. The second kappa shape index (κ2) is 2.34. The summed E-state index contributed by atoms with van der Waals surface area (Å²) in [6, 6.07) is -0.174. The lowest BCUT2D eigenvalue weighted by Gasteiger charge is -1.95. The molecule has 0 aliphatic carbocycles. The van der Waals surface area contributed by atoms with E-state index in [-0.39, 0.29) is 6.04 Å². The third-order valence-corrected chi connectivity index (χ3v) is 1.10. The van der Waals surface area contributed by atoms with Crippen molar-refractivity contribution in [2.75, 3.05) is 6.54 Å². The minimum atomic E-state index is -0.174. The molecule has 1 rings (SSSR count). The van der Waals surface area contributed by atoms with E-state index in [2.05, 4.69) is 15.7 Å². The van der Waals surface area contributed by atoms with E-state index in [0.717, 1.165) is 6.29 Å². The lowest BCUT2D eigenvalue weighted by Crippen LogP contribution is -2.29. The van der Waals surface area contributed by atoms with Crippen LogP contribution in [-0.2, 0) is 4.79 Å². The molecule has 1 heterocycles. The first-order valence-electron chi connectivity index (χ1n) is 2.60. The van der Waals surface area contributed by atoms with Crippen molar-refractivity contribution in [3.05, 3.63) is 0 Å². The number of hydrazone groups is 1. The summed E-state index contributed by atoms with van der Waals surface area (Å²) in [4.78, 5) is 10.1. The summed E-state index contributed by atoms with van der Waals surface area (Å²) in [6.45, 7) is 0.569. The first-order valence-corrected chi connectivity index (χ1v) is 2.60. The number of nitrogens with two attached hydrogens (primary N) is 1. The standard InChI is InChI=1S/C4H8N4O/c5-8-4-6-1-3(2-9)7-4/h2-3H,1,5H2,(H2,6,7,8). The molecule has 0 radical (unpaired) electrons. The first kappa shape index (κ1) is 5.87. The Labute approximate surface area is 52.3 Å². The first-order chi connectivity index (χ1) is 4.36. The number of aldehydes is 1. The zero-order chi connectivity index (χ0) is 6.69. The van der Waals surface area contributed by atoms with Crippen molar-refractivity contribution in [1.82, 2.24) is 10.6 Å². The number of hydrogen-bond donors (Lipinski definition) is 3. The molecule has 0 amide bonds. The van der Waals surface area contributed by atoms with Gasteiger partial charge in [0.05, 0.1) is 0 Å². The highest BCUT2D eigenvalue weighted by molar-refractivity contribution is 5.85. The van der Waals surface area contributed by atoms with E-state index in [9.17, 15) is 4.79 Å². The van der Waals surface area contributed by atoms with Crippen LogP contribution in [0.2, 0.25) is 0 Å². The third kappa shape index (κ3) is 1.10. The third-order valence-electron chi connectivity index (χ3n) is 1.10. The Kier molecular flexibility index (Phi) is 1.53. The molecule has 1 unspecified atom stereocenters. The maximum absolute atomic E-state index is 10.1. The van der Waals surface area contributed by atoms with Crippen LogP contribution in [0, 0.1) is 0 Å². The molecule has 1 aliphatic heterocycles. The van der Waals surface area contributed by atoms with Crippen LogP contribution < -0.4 is 16.5 Å². The van der Waals surface area contributed by atoms with Gasteiger partial charge in [-0.2, -0.15) is 0 Å². The van der Waals surface area contributed by atoms with Crippen molar-refractivity contribution in [3.8, 4) is 0 Å². The van der Waals surface area contributed by atoms with Crippen LogP contribution in [0.15, 0.2) is 5.10 Å². The average Bonchev–Trinajstić information content (AvgIpc) is 2.34. The zero-order valence-corrected chi connectivity index (χ0v) is 4.79. The summed E-state index contributed by atoms with van der Waals surface area (Å²) in [7, 11) is 0. The highest BCUT2D eigenvalue weighted by Gasteiger charge is 2.16. The van der Waals surface area contributed by atoms with Gasteiger partial charge in [-0.1, -0.05) is 0 Å². The van der Waals surface area contributed by atoms with Crippen LogP contribution >= 0.6 is 0 Å². The van der Waals surface area contributed by atoms with Gasteiger partial charge in [0.25, 0.3) is 0 Å². The maximum atomic E-state index is 10.1. The molecule has 0 saturated carbocycles. The minimum Gasteiger partial charge on any atom is -0.352 e. The predicted octanol–water partition coefficient (Wildman–Crippen LogP) is -2.02. The molecule has 0 spiro atoms. The molecule has 4 N–H and O–H groups in total. The Morgan fingerprint density at radius 3 is 3.00 bits per heavy atom. The molecule has 0 bridgehead atoms. The molecule has 1 fully saturated rings. The van der Waals surface area contributed by atoms with Crippen LogP contribution in [0.4, 0.5) is 0 Å². The number of nitrogens with zero attached hydrogens (tertiary/aromatic N) is 1. The molecule has 5 nitrogen and oxygen atoms in total. The smallest absolute Gasteiger partial charge is 0.214 e. The van der Waals surface area contributed by atoms with Gasteiger partial charge in [-0.05, 0) is 0 Å². The van der Waals surface area contributed by atoms with Gasteiger partial charge in [0, 0.05) is 6.54 Å². The van der Waals surface area contributed by atoms with Crippen LogP contribution in [0.5, 0.6) is 0 Å². The van der Waals surface area contributed by atoms with Crippen molar-refractivity contribution in [2.45, 2.75) is 6.04 Å². The van der Waals surface area contributed by atoms with Crippen LogP contribution in [-0.4, -0.2) is 24.8 Å². The molecule has 0 aromatic carbocycles. The molecular formula is C4H8N4O. The number of rotatable bonds is 1. The molecule has 1 atom stereocenters. The molecule has 1 aliphatic rings. The Balaban J connectivity index is 2.46. The Morgan fingerprint density at radius 2 is 2.67 bits per heavy atom. The summed E-state index contributed by atoms with van der Waals surface area (Å²) in [5.41, 5.74) is 0. The Bertz CT molecular complexity index is 144. The van der Waals surface area contributed by atoms with Gasteiger partial charge in [-0.15, -0.1) is 5.10 Å². The zero-order valence-electron chi connectivity index (χ0n) is 4.79. The van der Waals surface area contributed by atoms with Crippen LogP contribution in [0.1, 0.15) is 0 Å². The lowest BCUT2D eigenvalue weighted by atomic mass is 10.4. The fourth-order valence-corrected chi connectivity index (χ4v) is 0.649. The van der Waals surface area contributed by atoms with Gasteiger partial charge in [0.1, 0.15) is 12.3 Å². The van der Waals surface area contributed by atoms with Crippen molar-refractivity contribution < 1.29 is 4.79 Å². The molecule has 9 heavy (non-hydrogen) atoms. The van der Waals surface area contributed by atoms with Gasteiger partial charge in [0.15, 0.2) is 0 Å². The van der Waals surface area contributed by atoms with E-state index in [0.29, 0.717) is 12.5 Å². The molecule has 50 valence electrons. The lowest BCUT2D eigenvalue weighted by molar-refractivity contribution is -0.108. The maximum Gasteiger partial charge on any atom is 0.214 e. The van der Waals surface area contributed by atoms with E-state index in [1.165, 1.54) is 0 Å². The summed E-state index contributed by atoms with van der Waals surface area (Å²) >= 11 is 0. The number of carbonyl (C=O) groups is 1. The summed E-state index contributed by atoms with van der Waals surface area (Å²) in [5.74, 6) is 5.38. The van der Waals surface area contributed by atoms with Gasteiger partial charge in [0.2, 0.25) is 5.96 Å². The largest absolute Gasteiger partial charge is 0.352 e. The number of hydrogen-bond acceptors (Lipinski definition) is 3. The molecule has 5 heteroatoms. The van der Waals surface area contributed by atoms with Gasteiger partial charge >= 0.3 is 0 Å². The van der Waals surface area contributed by atoms with E-state index in [1.54, 1.807) is 0 Å². The Hall–Kier alpha value is -1.26. The molecule has 0 aromatic rings. The number of guanidine groups is 1. The SMILES string of the molecule is NN=C1NCC(C=O)N1. The van der Waals surface area contributed by atoms with E-state index >= 15 is 0 Å². The van der Waals surface area contributed by atoms with Crippen molar-refractivity contribution in [1.29, 1.82) is 0 Å². The number of carbonyl (C=O) groups excluding carboxylic acids is 1. The highest BCUT2D eigenvalue weighted by Crippen LogP contribution is 1.83. The van der Waals surface area contributed by atoms with Crippen LogP contribution in [0.3, 0.4) is 0 Å². The summed E-state index contributed by atoms with van der Waals surface area (Å²) in [6.07, 6.45) is 0.811. The van der Waals surface area contributed by atoms with Crippen molar-refractivity contribution in [2.24, 2.45) is 10.9 Å². The van der Waals surface area contributed by atoms with E-state index in [1.807, 2.05) is 0 Å². The molecule has 1 saturated heterocycles. The van der Waals surface area contributed by atoms with Gasteiger partial charge in [-0.3, -0.25) is 0 Å². The van der Waals surface area contributed by atoms with Gasteiger partial charge < -0.3 is 21.3 Å². The number of nitrogens with one attached hydrogen (secondary N) is 2. The van der Waals surface area contributed by atoms with E-state index < -0.39 is 0 Å². The summed E-state index contributed by atoms with van der Waals surface area (Å²) in [5, 5.41) is 8.85. The topological polar surface area (TPSA) is 79.5 Å². The van der Waals surface area contributed by atoms with Crippen molar-refractivity contribution >= 4 is 12.2 Å². The van der Waals surface area contributed by atoms with E-state index in [4.69, 9.17) is 5.84 Å². The fraction of sp³-hybridized carbons (Fsp3) is 0.500. The summed E-state index contributed by atoms with van der Waals surface area (Å²) < 4.78 is 0. The predicted molar refractivity (Wildman–Crippen MR) is 32.6 cm³/mol. The average molecular weight is 128 g/mol. The quantitative estimate of drug-likeness (QED) is 0.216. The second-order valence-corrected chi connectivity index (χ2v) is 1.75. The second-order valence-electron chi connectivity index (χ2n) is 1.75. The normalized spacial score (nSPS) is 29.3. The Morgan fingerprint density at radius 1 is 1.89 bits per heavy atom. The monoisotopic (exact) mass is 128 g/mol. The van der Waals surface area contributed by atoms with Crippen LogP contribution in [0.25, 0.3) is 0 Å².